The van der Waals surface area contributed by atoms with Crippen molar-refractivity contribution in [1.82, 2.24) is 9.97 Å². The van der Waals surface area contributed by atoms with Crippen molar-refractivity contribution >= 4 is 11.8 Å². The molecule has 4 heteroatoms. The van der Waals surface area contributed by atoms with Crippen LogP contribution in [-0.2, 0) is 6.42 Å². The summed E-state index contributed by atoms with van der Waals surface area (Å²) in [5.41, 5.74) is 3.34. The summed E-state index contributed by atoms with van der Waals surface area (Å²) in [6.07, 6.45) is 1.21. The van der Waals surface area contributed by atoms with Crippen LogP contribution in [0.25, 0.3) is 0 Å². The molecule has 2 aromatic rings. The van der Waals surface area contributed by atoms with E-state index in [0.29, 0.717) is 0 Å². The van der Waals surface area contributed by atoms with Gasteiger partial charge in [-0.15, -0.1) is 0 Å². The van der Waals surface area contributed by atoms with Crippen molar-refractivity contribution < 1.29 is 4.74 Å². The number of fused-ring (bicyclic) bond motifs is 1. The van der Waals surface area contributed by atoms with Gasteiger partial charge in [-0.05, 0) is 31.5 Å². The molecule has 3 nitrogen and oxygen atoms in total. The highest BCUT2D eigenvalue weighted by molar-refractivity contribution is 7.99. The molecule has 98 valence electrons. The van der Waals surface area contributed by atoms with Gasteiger partial charge in [0.2, 0.25) is 0 Å². The van der Waals surface area contributed by atoms with Gasteiger partial charge >= 0.3 is 0 Å². The molecule has 1 atom stereocenters. The van der Waals surface area contributed by atoms with Gasteiger partial charge in [-0.1, -0.05) is 30.0 Å². The van der Waals surface area contributed by atoms with Crippen molar-refractivity contribution in [2.75, 3.05) is 5.75 Å². The van der Waals surface area contributed by atoms with Crippen LogP contribution in [0.5, 0.6) is 5.75 Å². The lowest BCUT2D eigenvalue weighted by Crippen LogP contribution is -2.16. The van der Waals surface area contributed by atoms with Crippen LogP contribution in [0.4, 0.5) is 0 Å². The second-order valence-electron chi connectivity index (χ2n) is 4.80. The molecule has 2 heterocycles. The van der Waals surface area contributed by atoms with E-state index in [2.05, 4.69) is 22.1 Å². The third-order valence-corrected chi connectivity index (χ3v) is 4.05. The number of nitrogens with zero attached hydrogens (tertiary/aromatic N) is 2. The summed E-state index contributed by atoms with van der Waals surface area (Å²) in [6, 6.07) is 10.2. The lowest BCUT2D eigenvalue weighted by atomic mass is 10.1. The van der Waals surface area contributed by atoms with E-state index in [9.17, 15) is 0 Å². The average Bonchev–Trinajstić information content (AvgIpc) is 2.78. The Labute approximate surface area is 117 Å². The van der Waals surface area contributed by atoms with Crippen molar-refractivity contribution in [3.8, 4) is 5.75 Å². The highest BCUT2D eigenvalue weighted by Gasteiger charge is 2.22. The van der Waals surface area contributed by atoms with E-state index >= 15 is 0 Å². The van der Waals surface area contributed by atoms with Crippen LogP contribution >= 0.6 is 11.8 Å². The van der Waals surface area contributed by atoms with Crippen LogP contribution < -0.4 is 4.74 Å². The summed E-state index contributed by atoms with van der Waals surface area (Å²) < 4.78 is 5.91. The van der Waals surface area contributed by atoms with Crippen molar-refractivity contribution in [2.24, 2.45) is 0 Å². The Bertz CT molecular complexity index is 555. The van der Waals surface area contributed by atoms with Crippen molar-refractivity contribution in [2.45, 2.75) is 31.5 Å². The Kier molecular flexibility index (Phi) is 3.42. The maximum atomic E-state index is 5.91. The second kappa shape index (κ2) is 5.21. The molecule has 0 fully saturated rings. The summed E-state index contributed by atoms with van der Waals surface area (Å²) in [7, 11) is 0. The fourth-order valence-corrected chi connectivity index (χ4v) is 3.21. The number of hydrogen-bond donors (Lipinski definition) is 0. The first-order valence-electron chi connectivity index (χ1n) is 6.40. The highest BCUT2D eigenvalue weighted by atomic mass is 32.2. The Morgan fingerprint density at radius 2 is 1.95 bits per heavy atom. The number of thioether (sulfide) groups is 1. The van der Waals surface area contributed by atoms with Gasteiger partial charge in [0.15, 0.2) is 5.16 Å². The summed E-state index contributed by atoms with van der Waals surface area (Å²) in [5.74, 6) is 1.91. The molecule has 0 saturated carbocycles. The molecule has 1 aliphatic heterocycles. The predicted molar refractivity (Wildman–Crippen MR) is 76.8 cm³/mol. The van der Waals surface area contributed by atoms with Crippen LogP contribution in [0.15, 0.2) is 35.5 Å². The van der Waals surface area contributed by atoms with E-state index < -0.39 is 0 Å². The zero-order valence-corrected chi connectivity index (χ0v) is 11.9. The molecule has 0 N–H and O–H groups in total. The number of aryl methyl sites for hydroxylation is 2. The summed E-state index contributed by atoms with van der Waals surface area (Å²) in [5, 5.41) is 0.844. The van der Waals surface area contributed by atoms with Gasteiger partial charge in [-0.3, -0.25) is 0 Å². The summed E-state index contributed by atoms with van der Waals surface area (Å²) in [4.78, 5) is 8.88. The molecular formula is C15H16N2OS. The lowest BCUT2D eigenvalue weighted by Gasteiger charge is -2.09. The lowest BCUT2D eigenvalue weighted by molar-refractivity contribution is 0.259. The van der Waals surface area contributed by atoms with Gasteiger partial charge in [0.25, 0.3) is 0 Å². The molecule has 1 aromatic carbocycles. The van der Waals surface area contributed by atoms with Gasteiger partial charge in [-0.25, -0.2) is 9.97 Å². The number of aromatic nitrogens is 2. The van der Waals surface area contributed by atoms with Crippen molar-refractivity contribution in [3.05, 3.63) is 47.3 Å². The van der Waals surface area contributed by atoms with E-state index in [4.69, 9.17) is 4.74 Å². The third-order valence-electron chi connectivity index (χ3n) is 3.07. The minimum absolute atomic E-state index is 0.229. The maximum Gasteiger partial charge on any atom is 0.188 e. The molecule has 0 amide bonds. The quantitative estimate of drug-likeness (QED) is 0.635. The summed E-state index contributed by atoms with van der Waals surface area (Å²) >= 11 is 1.67. The molecule has 0 saturated heterocycles. The number of ether oxygens (including phenoxy) is 1. The summed E-state index contributed by atoms with van der Waals surface area (Å²) in [6.45, 7) is 4.00. The van der Waals surface area contributed by atoms with Crippen LogP contribution in [0, 0.1) is 13.8 Å². The molecule has 19 heavy (non-hydrogen) atoms. The number of hydrogen-bond acceptors (Lipinski definition) is 4. The van der Waals surface area contributed by atoms with Gasteiger partial charge in [-0.2, -0.15) is 0 Å². The SMILES string of the molecule is Cc1cc(C)nc(SCC2Cc3ccccc3O2)n1. The standard InChI is InChI=1S/C15H16N2OS/c1-10-7-11(2)17-15(16-10)19-9-13-8-12-5-3-4-6-14(12)18-13/h3-7,13H,8-9H2,1-2H3. The van der Waals surface area contributed by atoms with Gasteiger partial charge < -0.3 is 4.74 Å². The molecular weight excluding hydrogens is 256 g/mol. The zero-order valence-electron chi connectivity index (χ0n) is 11.1. The minimum atomic E-state index is 0.229. The third kappa shape index (κ3) is 2.89. The van der Waals surface area contributed by atoms with E-state index in [-0.39, 0.29) is 6.10 Å². The number of rotatable bonds is 3. The second-order valence-corrected chi connectivity index (χ2v) is 5.78. The van der Waals surface area contributed by atoms with Crippen molar-refractivity contribution in [3.63, 3.8) is 0 Å². The Hall–Kier alpha value is -1.55. The first kappa shape index (κ1) is 12.5. The number of benzene rings is 1. The zero-order chi connectivity index (χ0) is 13.2. The first-order chi connectivity index (χ1) is 9.20. The minimum Gasteiger partial charge on any atom is -0.489 e. The van der Waals surface area contributed by atoms with Crippen LogP contribution in [0.3, 0.4) is 0 Å². The van der Waals surface area contributed by atoms with Crippen LogP contribution in [-0.4, -0.2) is 21.8 Å². The maximum absolute atomic E-state index is 5.91. The Morgan fingerprint density at radius 1 is 1.21 bits per heavy atom. The van der Waals surface area contributed by atoms with Gasteiger partial charge in [0.05, 0.1) is 0 Å². The normalized spacial score (nSPS) is 17.1. The molecule has 0 bridgehead atoms. The van der Waals surface area contributed by atoms with E-state index in [1.54, 1.807) is 11.8 Å². The van der Waals surface area contributed by atoms with E-state index in [1.165, 1.54) is 5.56 Å². The molecule has 0 aliphatic carbocycles. The molecule has 0 spiro atoms. The van der Waals surface area contributed by atoms with E-state index in [1.807, 2.05) is 32.0 Å². The monoisotopic (exact) mass is 272 g/mol. The van der Waals surface area contributed by atoms with Crippen LogP contribution in [0.2, 0.25) is 0 Å². The van der Waals surface area contributed by atoms with Gasteiger partial charge in [0.1, 0.15) is 11.9 Å². The highest BCUT2D eigenvalue weighted by Crippen LogP contribution is 2.30. The van der Waals surface area contributed by atoms with E-state index in [0.717, 1.165) is 34.5 Å². The molecule has 1 aliphatic rings. The molecule has 1 aromatic heterocycles. The first-order valence-corrected chi connectivity index (χ1v) is 7.39. The smallest absolute Gasteiger partial charge is 0.188 e. The average molecular weight is 272 g/mol. The molecule has 0 radical (unpaired) electrons. The van der Waals surface area contributed by atoms with Gasteiger partial charge in [0, 0.05) is 23.6 Å². The fourth-order valence-electron chi connectivity index (χ4n) is 2.27. The Morgan fingerprint density at radius 3 is 2.68 bits per heavy atom. The number of para-hydroxylation sites is 1. The predicted octanol–water partition coefficient (Wildman–Crippen LogP) is 3.19. The molecule has 3 rings (SSSR count). The Balaban J connectivity index is 1.62. The largest absolute Gasteiger partial charge is 0.489 e. The van der Waals surface area contributed by atoms with Crippen LogP contribution in [0.1, 0.15) is 17.0 Å². The molecule has 1 unspecified atom stereocenters. The van der Waals surface area contributed by atoms with Crippen molar-refractivity contribution in [1.29, 1.82) is 0 Å². The fraction of sp³-hybridized carbons (Fsp3) is 0.333. The topological polar surface area (TPSA) is 35.0 Å².